The van der Waals surface area contributed by atoms with Crippen LogP contribution < -0.4 is 4.90 Å². The van der Waals surface area contributed by atoms with Crippen LogP contribution in [0.25, 0.3) is 10.8 Å². The molecule has 0 aromatic heterocycles. The van der Waals surface area contributed by atoms with Crippen molar-refractivity contribution in [2.45, 2.75) is 46.7 Å². The van der Waals surface area contributed by atoms with Gasteiger partial charge in [0.2, 0.25) is 5.91 Å². The highest BCUT2D eigenvalue weighted by molar-refractivity contribution is 9.09. The van der Waals surface area contributed by atoms with Gasteiger partial charge in [-0.05, 0) is 42.7 Å². The Morgan fingerprint density at radius 1 is 1.26 bits per heavy atom. The van der Waals surface area contributed by atoms with Gasteiger partial charge in [0.05, 0.1) is 35.8 Å². The number of rotatable bonds is 10. The molecule has 2 aromatic carbocycles. The second kappa shape index (κ2) is 11.1. The van der Waals surface area contributed by atoms with Crippen molar-refractivity contribution in [2.24, 2.45) is 11.8 Å². The molecule has 7 atom stereocenters. The molecule has 7 nitrogen and oxygen atoms in total. The molecule has 9 heteroatoms. The number of ether oxygens (including phenoxy) is 1. The molecule has 2 aromatic rings. The van der Waals surface area contributed by atoms with Gasteiger partial charge in [-0.3, -0.25) is 14.4 Å². The Morgan fingerprint density at radius 2 is 2.00 bits per heavy atom. The summed E-state index contributed by atoms with van der Waals surface area (Å²) in [5, 5.41) is 12.0. The first-order chi connectivity index (χ1) is 18.8. The third-order valence-corrected chi connectivity index (χ3v) is 11.4. The zero-order valence-electron chi connectivity index (χ0n) is 21.9. The quantitative estimate of drug-likeness (QED) is 0.186. The summed E-state index contributed by atoms with van der Waals surface area (Å²) in [5.41, 5.74) is 0.704. The van der Waals surface area contributed by atoms with E-state index in [-0.39, 0.29) is 41.6 Å². The first-order valence-corrected chi connectivity index (χ1v) is 15.0. The first-order valence-electron chi connectivity index (χ1n) is 13.2. The second-order valence-electron chi connectivity index (χ2n) is 10.5. The number of nitrogens with zero attached hydrogens (tertiary/aromatic N) is 2. The Kier molecular flexibility index (Phi) is 7.95. The molecular formula is C30H33BrN2O5S. The van der Waals surface area contributed by atoms with E-state index >= 15 is 0 Å². The third-order valence-electron chi connectivity index (χ3n) is 8.16. The SMILES string of the molecule is C=CCCOC(=O)[C@H]1[C@H]2C(=O)N([C@H](C)CO)C(C(=O)N(CC=C)c3ccc4ccccc4c3)C23CC(Br)[C@@H]1S3. The maximum atomic E-state index is 14.6. The van der Waals surface area contributed by atoms with Crippen molar-refractivity contribution in [3.8, 4) is 0 Å². The number of likely N-dealkylation sites (tertiary alicyclic amines) is 1. The van der Waals surface area contributed by atoms with Crippen molar-refractivity contribution >= 4 is 61.9 Å². The van der Waals surface area contributed by atoms with Crippen LogP contribution in [-0.2, 0) is 19.1 Å². The van der Waals surface area contributed by atoms with Gasteiger partial charge >= 0.3 is 5.97 Å². The normalized spacial score (nSPS) is 29.8. The van der Waals surface area contributed by atoms with E-state index in [1.54, 1.807) is 35.7 Å². The summed E-state index contributed by atoms with van der Waals surface area (Å²) in [6, 6.07) is 12.3. The largest absolute Gasteiger partial charge is 0.465 e. The summed E-state index contributed by atoms with van der Waals surface area (Å²) >= 11 is 5.32. The number of carbonyl (C=O) groups excluding carboxylic acids is 3. The van der Waals surface area contributed by atoms with Gasteiger partial charge in [-0.15, -0.1) is 24.9 Å². The first kappa shape index (κ1) is 27.9. The second-order valence-corrected chi connectivity index (χ2v) is 13.2. The molecule has 2 bridgehead atoms. The monoisotopic (exact) mass is 612 g/mol. The molecule has 3 fully saturated rings. The molecule has 3 aliphatic rings. The van der Waals surface area contributed by atoms with Gasteiger partial charge < -0.3 is 19.6 Å². The fraction of sp³-hybridized carbons (Fsp3) is 0.433. The molecule has 1 N–H and O–H groups in total. The number of hydrogen-bond acceptors (Lipinski definition) is 6. The summed E-state index contributed by atoms with van der Waals surface area (Å²) in [6.45, 7) is 9.45. The van der Waals surface area contributed by atoms with Crippen molar-refractivity contribution < 1.29 is 24.2 Å². The van der Waals surface area contributed by atoms with E-state index in [2.05, 4.69) is 29.1 Å². The molecule has 3 aliphatic heterocycles. The molecule has 2 amide bonds. The molecule has 3 saturated heterocycles. The highest BCUT2D eigenvalue weighted by atomic mass is 79.9. The third kappa shape index (κ3) is 4.52. The van der Waals surface area contributed by atoms with E-state index in [1.165, 1.54) is 4.90 Å². The van der Waals surface area contributed by atoms with Crippen LogP contribution in [-0.4, -0.2) is 74.5 Å². The molecule has 0 radical (unpaired) electrons. The Labute approximate surface area is 241 Å². The van der Waals surface area contributed by atoms with Gasteiger partial charge in [-0.25, -0.2) is 0 Å². The van der Waals surface area contributed by atoms with Crippen LogP contribution in [0.1, 0.15) is 19.8 Å². The van der Waals surface area contributed by atoms with Crippen LogP contribution in [0.2, 0.25) is 0 Å². The number of aliphatic hydroxyl groups excluding tert-OH is 1. The Hall–Kier alpha value is -2.62. The van der Waals surface area contributed by atoms with E-state index in [1.807, 2.05) is 42.5 Å². The lowest BCUT2D eigenvalue weighted by Crippen LogP contribution is -2.57. The van der Waals surface area contributed by atoms with Crippen LogP contribution in [0.5, 0.6) is 0 Å². The lowest BCUT2D eigenvalue weighted by atomic mass is 9.71. The summed E-state index contributed by atoms with van der Waals surface area (Å²) < 4.78 is 4.74. The van der Waals surface area contributed by atoms with Crippen molar-refractivity contribution in [1.82, 2.24) is 4.90 Å². The van der Waals surface area contributed by atoms with Crippen molar-refractivity contribution in [1.29, 1.82) is 0 Å². The van der Waals surface area contributed by atoms with E-state index in [9.17, 15) is 19.5 Å². The van der Waals surface area contributed by atoms with Gasteiger partial charge in [-0.2, -0.15) is 0 Å². The van der Waals surface area contributed by atoms with Crippen LogP contribution in [0.3, 0.4) is 0 Å². The minimum Gasteiger partial charge on any atom is -0.465 e. The number of carbonyl (C=O) groups is 3. The number of amides is 2. The molecule has 206 valence electrons. The van der Waals surface area contributed by atoms with Crippen LogP contribution in [0, 0.1) is 11.8 Å². The number of esters is 1. The van der Waals surface area contributed by atoms with Gasteiger partial charge in [-0.1, -0.05) is 58.4 Å². The molecule has 3 heterocycles. The van der Waals surface area contributed by atoms with Crippen molar-refractivity contribution in [3.63, 3.8) is 0 Å². The summed E-state index contributed by atoms with van der Waals surface area (Å²) in [4.78, 5) is 45.2. The highest BCUT2D eigenvalue weighted by Gasteiger charge is 2.76. The minimum absolute atomic E-state index is 0.0586. The predicted molar refractivity (Wildman–Crippen MR) is 158 cm³/mol. The standard InChI is InChI=1S/C30H33BrN2O5S/c1-4-6-14-38-29(37)23-24-27(35)33(18(3)17-34)26(30(24)16-22(31)25(23)39-30)28(36)32(13-5-2)21-12-11-19-9-7-8-10-20(19)15-21/h4-5,7-12,15,18,22-26,34H,1-2,6,13-14,16-17H2,3H3/t18-,22?,23+,24+,25+,26?,30?/m1/s1. The van der Waals surface area contributed by atoms with E-state index in [4.69, 9.17) is 4.74 Å². The van der Waals surface area contributed by atoms with Crippen molar-refractivity contribution in [3.05, 3.63) is 67.8 Å². The molecule has 1 spiro atoms. The predicted octanol–water partition coefficient (Wildman–Crippen LogP) is 4.32. The molecule has 3 unspecified atom stereocenters. The fourth-order valence-corrected chi connectivity index (χ4v) is 10.0. The summed E-state index contributed by atoms with van der Waals surface area (Å²) in [7, 11) is 0. The number of anilines is 1. The number of hydrogen-bond donors (Lipinski definition) is 1. The van der Waals surface area contributed by atoms with Gasteiger partial charge in [0.1, 0.15) is 6.04 Å². The number of thioether (sulfide) groups is 1. The maximum absolute atomic E-state index is 14.6. The van der Waals surface area contributed by atoms with Crippen LogP contribution in [0.15, 0.2) is 67.8 Å². The number of halogens is 1. The molecule has 39 heavy (non-hydrogen) atoms. The number of alkyl halides is 1. The zero-order valence-corrected chi connectivity index (χ0v) is 24.3. The minimum atomic E-state index is -0.857. The topological polar surface area (TPSA) is 87.1 Å². The van der Waals surface area contributed by atoms with E-state index < -0.39 is 34.6 Å². The van der Waals surface area contributed by atoms with E-state index in [0.717, 1.165) is 10.8 Å². The van der Waals surface area contributed by atoms with E-state index in [0.29, 0.717) is 18.5 Å². The Balaban J connectivity index is 1.57. The summed E-state index contributed by atoms with van der Waals surface area (Å²) in [5.74, 6) is -2.31. The Bertz CT molecular complexity index is 1320. The Morgan fingerprint density at radius 3 is 2.69 bits per heavy atom. The number of aliphatic hydroxyl groups is 1. The average molecular weight is 614 g/mol. The number of benzene rings is 2. The molecular weight excluding hydrogens is 580 g/mol. The molecule has 5 rings (SSSR count). The maximum Gasteiger partial charge on any atom is 0.310 e. The average Bonchev–Trinajstić information content (AvgIpc) is 3.54. The number of fused-ring (bicyclic) bond motifs is 2. The zero-order chi connectivity index (χ0) is 27.9. The summed E-state index contributed by atoms with van der Waals surface area (Å²) in [6.07, 6.45) is 4.43. The fourth-order valence-electron chi connectivity index (χ4n) is 6.46. The molecule has 0 aliphatic carbocycles. The van der Waals surface area contributed by atoms with Crippen LogP contribution >= 0.6 is 27.7 Å². The molecule has 0 saturated carbocycles. The van der Waals surface area contributed by atoms with Gasteiger partial charge in [0, 0.05) is 22.3 Å². The van der Waals surface area contributed by atoms with Gasteiger partial charge in [0.15, 0.2) is 0 Å². The lowest BCUT2D eigenvalue weighted by Gasteiger charge is -2.39. The van der Waals surface area contributed by atoms with Crippen LogP contribution in [0.4, 0.5) is 5.69 Å². The highest BCUT2D eigenvalue weighted by Crippen LogP contribution is 2.68. The van der Waals surface area contributed by atoms with Gasteiger partial charge in [0.25, 0.3) is 5.91 Å². The smallest absolute Gasteiger partial charge is 0.310 e. The lowest BCUT2D eigenvalue weighted by molar-refractivity contribution is -0.154. The van der Waals surface area contributed by atoms with Crippen molar-refractivity contribution in [2.75, 3.05) is 24.7 Å².